The fourth-order valence-electron chi connectivity index (χ4n) is 4.48. The molecule has 0 aromatic rings. The summed E-state index contributed by atoms with van der Waals surface area (Å²) in [4.78, 5) is 6.44. The minimum atomic E-state index is -0.218. The molecule has 3 atom stereocenters. The molecule has 3 unspecified atom stereocenters. The average molecular weight is 265 g/mol. The fraction of sp³-hybridized carbons (Fsp3) is 0.875. The molecule has 1 N–H and O–H groups in total. The van der Waals surface area contributed by atoms with Crippen LogP contribution >= 0.6 is 0 Å². The fourth-order valence-corrected chi connectivity index (χ4v) is 4.48. The maximum absolute atomic E-state index is 10.1. The summed E-state index contributed by atoms with van der Waals surface area (Å²) in [6.07, 6.45) is 8.79. The van der Waals surface area contributed by atoms with Gasteiger partial charge in [-0.05, 0) is 59.3 Å². The number of rotatable bonds is 2. The predicted molar refractivity (Wildman–Crippen MR) is 75.5 cm³/mol. The zero-order chi connectivity index (χ0) is 13.8. The molecule has 0 aromatic carbocycles. The molecule has 3 aliphatic rings. The van der Waals surface area contributed by atoms with Gasteiger partial charge in [0, 0.05) is 17.0 Å². The van der Waals surface area contributed by atoms with Gasteiger partial charge in [0.25, 0.3) is 0 Å². The zero-order valence-corrected chi connectivity index (χ0v) is 12.6. The lowest BCUT2D eigenvalue weighted by Crippen LogP contribution is -2.62. The van der Waals surface area contributed by atoms with E-state index in [2.05, 4.69) is 44.9 Å². The molecule has 0 spiro atoms. The van der Waals surface area contributed by atoms with Gasteiger partial charge in [-0.1, -0.05) is 12.2 Å². The van der Waals surface area contributed by atoms with Crippen LogP contribution in [0.4, 0.5) is 0 Å². The highest BCUT2D eigenvalue weighted by Crippen LogP contribution is 2.45. The molecule has 1 saturated heterocycles. The van der Waals surface area contributed by atoms with Crippen LogP contribution in [0.3, 0.4) is 0 Å². The van der Waals surface area contributed by atoms with Crippen LogP contribution in [-0.4, -0.2) is 33.5 Å². The van der Waals surface area contributed by atoms with Crippen LogP contribution in [0.2, 0.25) is 0 Å². The van der Waals surface area contributed by atoms with E-state index in [0.717, 1.165) is 25.2 Å². The molecule has 2 bridgehead atoms. The van der Waals surface area contributed by atoms with Crippen LogP contribution in [0.5, 0.6) is 0 Å². The Kier molecular flexibility index (Phi) is 3.08. The third-order valence-corrected chi connectivity index (χ3v) is 5.03. The van der Waals surface area contributed by atoms with E-state index in [9.17, 15) is 5.11 Å². The summed E-state index contributed by atoms with van der Waals surface area (Å²) in [5, 5.41) is 12.3. The second kappa shape index (κ2) is 4.31. The molecular weight excluding hydrogens is 238 g/mol. The molecule has 0 amide bonds. The summed E-state index contributed by atoms with van der Waals surface area (Å²) >= 11 is 0. The second-order valence-electron chi connectivity index (χ2n) is 7.91. The van der Waals surface area contributed by atoms with Gasteiger partial charge in [0.05, 0.1) is 12.2 Å². The van der Waals surface area contributed by atoms with Gasteiger partial charge >= 0.3 is 0 Å². The van der Waals surface area contributed by atoms with Gasteiger partial charge in [-0.25, -0.2) is 0 Å². The molecule has 2 aliphatic carbocycles. The Balaban J connectivity index is 1.76. The summed E-state index contributed by atoms with van der Waals surface area (Å²) in [5.41, 5.74) is -0.209. The van der Waals surface area contributed by atoms with Gasteiger partial charge in [-0.2, -0.15) is 5.06 Å². The molecule has 2 fully saturated rings. The lowest BCUT2D eigenvalue weighted by Gasteiger charge is -2.54. The number of hydroxylamine groups is 2. The van der Waals surface area contributed by atoms with Crippen molar-refractivity contribution in [2.75, 3.05) is 0 Å². The van der Waals surface area contributed by atoms with Crippen molar-refractivity contribution in [2.45, 2.75) is 76.7 Å². The van der Waals surface area contributed by atoms with Gasteiger partial charge in [0.2, 0.25) is 0 Å². The van der Waals surface area contributed by atoms with Crippen LogP contribution < -0.4 is 0 Å². The lowest BCUT2D eigenvalue weighted by atomic mass is 9.80. The van der Waals surface area contributed by atoms with Gasteiger partial charge in [-0.3, -0.25) is 4.84 Å². The maximum Gasteiger partial charge on any atom is 0.0861 e. The largest absolute Gasteiger partial charge is 0.393 e. The van der Waals surface area contributed by atoms with Crippen LogP contribution in [0.25, 0.3) is 0 Å². The Morgan fingerprint density at radius 1 is 1.05 bits per heavy atom. The Hall–Kier alpha value is -0.380. The quantitative estimate of drug-likeness (QED) is 0.779. The van der Waals surface area contributed by atoms with Crippen molar-refractivity contribution in [3.8, 4) is 0 Å². The van der Waals surface area contributed by atoms with Crippen molar-refractivity contribution >= 4 is 0 Å². The van der Waals surface area contributed by atoms with Crippen LogP contribution in [0.15, 0.2) is 12.2 Å². The van der Waals surface area contributed by atoms with Gasteiger partial charge in [0.1, 0.15) is 0 Å². The monoisotopic (exact) mass is 265 g/mol. The topological polar surface area (TPSA) is 32.7 Å². The number of aliphatic hydroxyl groups is 1. The first-order valence-corrected chi connectivity index (χ1v) is 7.61. The van der Waals surface area contributed by atoms with Gasteiger partial charge in [-0.15, -0.1) is 0 Å². The molecule has 3 rings (SSSR count). The summed E-state index contributed by atoms with van der Waals surface area (Å²) in [7, 11) is 0. The highest BCUT2D eigenvalue weighted by atomic mass is 16.7. The van der Waals surface area contributed by atoms with Crippen molar-refractivity contribution in [3.05, 3.63) is 12.2 Å². The van der Waals surface area contributed by atoms with Crippen molar-refractivity contribution in [2.24, 2.45) is 11.8 Å². The normalized spacial score (nSPS) is 41.0. The SMILES string of the molecule is CC1(C)CC(O)CC(C)(C)N1OC1CC2C=CC1C2. The Morgan fingerprint density at radius 2 is 1.68 bits per heavy atom. The highest BCUT2D eigenvalue weighted by Gasteiger charge is 2.49. The van der Waals surface area contributed by atoms with Crippen LogP contribution in [0.1, 0.15) is 53.4 Å². The van der Waals surface area contributed by atoms with Crippen molar-refractivity contribution in [1.82, 2.24) is 5.06 Å². The molecule has 1 saturated carbocycles. The van der Waals surface area contributed by atoms with Crippen molar-refractivity contribution < 1.29 is 9.94 Å². The molecule has 3 heteroatoms. The first kappa shape index (κ1) is 13.6. The first-order chi connectivity index (χ1) is 8.78. The first-order valence-electron chi connectivity index (χ1n) is 7.61. The molecule has 108 valence electrons. The van der Waals surface area contributed by atoms with E-state index in [1.54, 1.807) is 0 Å². The Bertz CT molecular complexity index is 370. The highest BCUT2D eigenvalue weighted by molar-refractivity contribution is 5.11. The third-order valence-electron chi connectivity index (χ3n) is 5.03. The molecule has 19 heavy (non-hydrogen) atoms. The van der Waals surface area contributed by atoms with E-state index in [4.69, 9.17) is 4.84 Å². The smallest absolute Gasteiger partial charge is 0.0861 e. The number of aliphatic hydroxyl groups excluding tert-OH is 1. The summed E-state index contributed by atoms with van der Waals surface area (Å²) in [5.74, 6) is 1.33. The predicted octanol–water partition coefficient (Wildman–Crippen LogP) is 2.90. The summed E-state index contributed by atoms with van der Waals surface area (Å²) in [6.45, 7) is 8.72. The number of hydrogen-bond donors (Lipinski definition) is 1. The number of hydrogen-bond acceptors (Lipinski definition) is 3. The molecule has 1 heterocycles. The van der Waals surface area contributed by atoms with Gasteiger partial charge in [0.15, 0.2) is 0 Å². The van der Waals surface area contributed by atoms with Crippen molar-refractivity contribution in [3.63, 3.8) is 0 Å². The van der Waals surface area contributed by atoms with Crippen LogP contribution in [-0.2, 0) is 4.84 Å². The summed E-state index contributed by atoms with van der Waals surface area (Å²) in [6, 6.07) is 0. The average Bonchev–Trinajstić information content (AvgIpc) is 2.83. The maximum atomic E-state index is 10.1. The van der Waals surface area contributed by atoms with Crippen LogP contribution in [0, 0.1) is 11.8 Å². The van der Waals surface area contributed by atoms with E-state index in [0.29, 0.717) is 12.0 Å². The molecule has 3 nitrogen and oxygen atoms in total. The van der Waals surface area contributed by atoms with E-state index >= 15 is 0 Å². The van der Waals surface area contributed by atoms with E-state index in [-0.39, 0.29) is 17.2 Å². The number of piperidine rings is 1. The lowest BCUT2D eigenvalue weighted by molar-refractivity contribution is -0.317. The number of fused-ring (bicyclic) bond motifs is 2. The molecular formula is C16H27NO2. The minimum Gasteiger partial charge on any atom is -0.393 e. The standard InChI is InChI=1S/C16H27NO2/c1-15(2)9-13(18)10-16(3,4)17(15)19-14-8-11-5-6-12(14)7-11/h5-6,11-14,18H,7-10H2,1-4H3. The number of nitrogens with zero attached hydrogens (tertiary/aromatic N) is 1. The Labute approximate surface area is 116 Å². The molecule has 0 radical (unpaired) electrons. The second-order valence-corrected chi connectivity index (χ2v) is 7.91. The molecule has 1 aliphatic heterocycles. The van der Waals surface area contributed by atoms with E-state index in [1.165, 1.54) is 6.42 Å². The van der Waals surface area contributed by atoms with E-state index < -0.39 is 0 Å². The van der Waals surface area contributed by atoms with Crippen molar-refractivity contribution in [1.29, 1.82) is 0 Å². The third kappa shape index (κ3) is 2.37. The van der Waals surface area contributed by atoms with Gasteiger partial charge < -0.3 is 5.11 Å². The number of allylic oxidation sites excluding steroid dienone is 1. The zero-order valence-electron chi connectivity index (χ0n) is 12.6. The van der Waals surface area contributed by atoms with E-state index in [1.807, 2.05) is 0 Å². The minimum absolute atomic E-state index is 0.104. The Morgan fingerprint density at radius 3 is 2.16 bits per heavy atom. The molecule has 0 aromatic heterocycles. The summed E-state index contributed by atoms with van der Waals surface area (Å²) < 4.78 is 0.